The molecule has 0 radical (unpaired) electrons. The molecule has 2 heterocycles. The number of aromatic nitrogens is 3. The van der Waals surface area contributed by atoms with Crippen molar-refractivity contribution in [2.45, 2.75) is 6.42 Å². The number of para-hydroxylation sites is 2. The first-order chi connectivity index (χ1) is 19.3. The third kappa shape index (κ3) is 4.09. The Balaban J connectivity index is 1.31. The molecule has 0 atom stereocenters. The van der Waals surface area contributed by atoms with Crippen molar-refractivity contribution in [2.24, 2.45) is 5.10 Å². The number of rotatable bonds is 5. The maximum Gasteiger partial charge on any atom is 0.292 e. The highest BCUT2D eigenvalue weighted by Crippen LogP contribution is 2.39. The van der Waals surface area contributed by atoms with Gasteiger partial charge in [-0.2, -0.15) is 5.10 Å². The van der Waals surface area contributed by atoms with Crippen LogP contribution in [0.4, 0.5) is 0 Å². The number of carbonyl (C=O) groups is 1. The Hall–Kier alpha value is -5.01. The number of hydrogen-bond acceptors (Lipinski definition) is 4. The topological polar surface area (TPSA) is 64.2 Å². The zero-order valence-electron chi connectivity index (χ0n) is 20.9. The molecule has 1 amide bonds. The van der Waals surface area contributed by atoms with E-state index in [1.807, 2.05) is 95.7 Å². The van der Waals surface area contributed by atoms with Crippen LogP contribution in [0.15, 0.2) is 126 Å². The summed E-state index contributed by atoms with van der Waals surface area (Å²) >= 11 is 1.48. The molecule has 0 unspecified atom stereocenters. The Kier molecular flexibility index (Phi) is 5.75. The van der Waals surface area contributed by atoms with Crippen LogP contribution in [0.5, 0.6) is 0 Å². The third-order valence-electron chi connectivity index (χ3n) is 6.88. The Morgan fingerprint density at radius 2 is 1.44 bits per heavy atom. The van der Waals surface area contributed by atoms with E-state index in [0.29, 0.717) is 16.9 Å². The van der Waals surface area contributed by atoms with Gasteiger partial charge in [0.2, 0.25) is 4.80 Å². The van der Waals surface area contributed by atoms with Gasteiger partial charge in [-0.25, -0.2) is 10.1 Å². The molecule has 1 aliphatic carbocycles. The molecular formula is C32H23N5OS. The Bertz CT molecular complexity index is 1870. The molecule has 0 aliphatic heterocycles. The van der Waals surface area contributed by atoms with Crippen LogP contribution in [-0.4, -0.2) is 20.3 Å². The van der Waals surface area contributed by atoms with Gasteiger partial charge in [0, 0.05) is 28.6 Å². The lowest BCUT2D eigenvalue weighted by atomic mass is 10.1. The van der Waals surface area contributed by atoms with E-state index in [-0.39, 0.29) is 5.91 Å². The lowest BCUT2D eigenvalue weighted by molar-refractivity contribution is 0.0947. The number of nitrogens with zero attached hydrogens (tertiary/aromatic N) is 4. The number of hydrogen-bond donors (Lipinski definition) is 1. The molecule has 0 fully saturated rings. The molecule has 2 aromatic heterocycles. The van der Waals surface area contributed by atoms with Crippen LogP contribution in [0.3, 0.4) is 0 Å². The number of benzene rings is 4. The van der Waals surface area contributed by atoms with Gasteiger partial charge in [-0.05, 0) is 35.4 Å². The second-order valence-corrected chi connectivity index (χ2v) is 10.1. The molecular weight excluding hydrogens is 502 g/mol. The van der Waals surface area contributed by atoms with Crippen LogP contribution >= 0.6 is 11.3 Å². The second kappa shape index (κ2) is 9.70. The minimum atomic E-state index is -0.331. The molecule has 0 saturated carbocycles. The molecule has 0 bridgehead atoms. The number of carbonyl (C=O) groups excluding carboxylic acids is 1. The molecule has 0 saturated heterocycles. The number of amides is 1. The smallest absolute Gasteiger partial charge is 0.284 e. The van der Waals surface area contributed by atoms with E-state index < -0.39 is 0 Å². The van der Waals surface area contributed by atoms with Crippen LogP contribution in [0.2, 0.25) is 0 Å². The Labute approximate surface area is 229 Å². The molecule has 7 heteroatoms. The van der Waals surface area contributed by atoms with Gasteiger partial charge in [0.15, 0.2) is 5.69 Å². The fourth-order valence-electron chi connectivity index (χ4n) is 5.11. The van der Waals surface area contributed by atoms with E-state index in [9.17, 15) is 4.79 Å². The summed E-state index contributed by atoms with van der Waals surface area (Å²) in [7, 11) is 0. The molecule has 6 nitrogen and oxygen atoms in total. The van der Waals surface area contributed by atoms with Gasteiger partial charge in [-0.1, -0.05) is 91.0 Å². The van der Waals surface area contributed by atoms with E-state index >= 15 is 0 Å². The Morgan fingerprint density at radius 1 is 0.795 bits per heavy atom. The SMILES string of the molecule is O=C(N/N=c1/scc(-c2ccccc2)n1-c1ccccc1)c1nn(-c2ccccc2)c2c1Cc1ccccc1-2. The summed E-state index contributed by atoms with van der Waals surface area (Å²) in [4.78, 5) is 14.3. The van der Waals surface area contributed by atoms with Gasteiger partial charge >= 0.3 is 0 Å². The van der Waals surface area contributed by atoms with E-state index in [1.165, 1.54) is 16.9 Å². The maximum absolute atomic E-state index is 13.6. The third-order valence-corrected chi connectivity index (χ3v) is 7.71. The van der Waals surface area contributed by atoms with Gasteiger partial charge in [-0.15, -0.1) is 16.4 Å². The largest absolute Gasteiger partial charge is 0.292 e. The summed E-state index contributed by atoms with van der Waals surface area (Å²) in [5.41, 5.74) is 11.3. The minimum absolute atomic E-state index is 0.331. The van der Waals surface area contributed by atoms with Crippen LogP contribution in [-0.2, 0) is 6.42 Å². The Morgan fingerprint density at radius 3 is 2.18 bits per heavy atom. The highest BCUT2D eigenvalue weighted by molar-refractivity contribution is 7.07. The van der Waals surface area contributed by atoms with Crippen LogP contribution in [0.1, 0.15) is 21.6 Å². The summed E-state index contributed by atoms with van der Waals surface area (Å²) in [5.74, 6) is -0.331. The highest BCUT2D eigenvalue weighted by atomic mass is 32.1. The van der Waals surface area contributed by atoms with Gasteiger partial charge < -0.3 is 0 Å². The van der Waals surface area contributed by atoms with Crippen molar-refractivity contribution in [3.63, 3.8) is 0 Å². The van der Waals surface area contributed by atoms with Crippen molar-refractivity contribution in [1.82, 2.24) is 19.8 Å². The second-order valence-electron chi connectivity index (χ2n) is 9.25. The molecule has 1 aliphatic rings. The summed E-state index contributed by atoms with van der Waals surface area (Å²) in [6, 6.07) is 38.4. The summed E-state index contributed by atoms with van der Waals surface area (Å²) in [6.45, 7) is 0. The predicted octanol–water partition coefficient (Wildman–Crippen LogP) is 6.21. The molecule has 188 valence electrons. The fourth-order valence-corrected chi connectivity index (χ4v) is 5.97. The summed E-state index contributed by atoms with van der Waals surface area (Å²) in [5, 5.41) is 11.4. The number of fused-ring (bicyclic) bond motifs is 3. The lowest BCUT2D eigenvalue weighted by Crippen LogP contribution is -2.25. The normalized spacial score (nSPS) is 12.3. The van der Waals surface area contributed by atoms with Crippen molar-refractivity contribution in [3.05, 3.63) is 142 Å². The zero-order valence-corrected chi connectivity index (χ0v) is 21.7. The molecule has 0 spiro atoms. The van der Waals surface area contributed by atoms with Crippen LogP contribution in [0.25, 0.3) is 33.9 Å². The van der Waals surface area contributed by atoms with Crippen LogP contribution < -0.4 is 10.2 Å². The molecule has 6 aromatic rings. The highest BCUT2D eigenvalue weighted by Gasteiger charge is 2.30. The first-order valence-corrected chi connectivity index (χ1v) is 13.6. The zero-order chi connectivity index (χ0) is 26.2. The molecule has 4 aromatic carbocycles. The fraction of sp³-hybridized carbons (Fsp3) is 0.0312. The van der Waals surface area contributed by atoms with Gasteiger partial charge in [0.1, 0.15) is 0 Å². The van der Waals surface area contributed by atoms with E-state index in [0.717, 1.165) is 39.5 Å². The van der Waals surface area contributed by atoms with Gasteiger partial charge in [0.05, 0.1) is 17.1 Å². The standard InChI is InChI=1S/C32H23N5OS/c38-31(29-27-20-23-14-10-11-19-26(23)30(27)37(35-29)25-17-8-3-9-18-25)33-34-32-36(24-15-6-2-7-16-24)28(21-39-32)22-12-4-1-5-13-22/h1-19,21H,20H2,(H,33,38)/b34-32+. The van der Waals surface area contributed by atoms with Crippen molar-refractivity contribution in [3.8, 4) is 33.9 Å². The van der Waals surface area contributed by atoms with E-state index in [2.05, 4.69) is 44.7 Å². The van der Waals surface area contributed by atoms with Crippen LogP contribution in [0, 0.1) is 0 Å². The van der Waals surface area contributed by atoms with Crippen molar-refractivity contribution >= 4 is 17.2 Å². The van der Waals surface area contributed by atoms with Crippen molar-refractivity contribution in [1.29, 1.82) is 0 Å². The number of thiazole rings is 1. The molecule has 1 N–H and O–H groups in total. The lowest BCUT2D eigenvalue weighted by Gasteiger charge is -2.09. The van der Waals surface area contributed by atoms with Gasteiger partial charge in [0.25, 0.3) is 5.91 Å². The molecule has 39 heavy (non-hydrogen) atoms. The maximum atomic E-state index is 13.6. The van der Waals surface area contributed by atoms with E-state index in [4.69, 9.17) is 5.10 Å². The average Bonchev–Trinajstić information content (AvgIpc) is 3.70. The summed E-state index contributed by atoms with van der Waals surface area (Å²) in [6.07, 6.45) is 0.655. The number of nitrogens with one attached hydrogen (secondary N) is 1. The predicted molar refractivity (Wildman–Crippen MR) is 154 cm³/mol. The minimum Gasteiger partial charge on any atom is -0.284 e. The molecule has 7 rings (SSSR count). The van der Waals surface area contributed by atoms with Crippen molar-refractivity contribution in [2.75, 3.05) is 0 Å². The first-order valence-electron chi connectivity index (χ1n) is 12.7. The van der Waals surface area contributed by atoms with Gasteiger partial charge in [-0.3, -0.25) is 9.36 Å². The van der Waals surface area contributed by atoms with E-state index in [1.54, 1.807) is 0 Å². The summed E-state index contributed by atoms with van der Waals surface area (Å²) < 4.78 is 3.93. The monoisotopic (exact) mass is 525 g/mol. The quantitative estimate of drug-likeness (QED) is 0.272. The van der Waals surface area contributed by atoms with Crippen molar-refractivity contribution < 1.29 is 4.79 Å². The average molecular weight is 526 g/mol. The first kappa shape index (κ1) is 23.1.